The summed E-state index contributed by atoms with van der Waals surface area (Å²) in [5.74, 6) is 0.624. The zero-order chi connectivity index (χ0) is 15.7. The summed E-state index contributed by atoms with van der Waals surface area (Å²) in [5, 5.41) is 15.8. The van der Waals surface area contributed by atoms with E-state index in [0.717, 1.165) is 11.3 Å². The number of hydrogen-bond acceptors (Lipinski definition) is 5. The third-order valence-electron chi connectivity index (χ3n) is 3.12. The van der Waals surface area contributed by atoms with Crippen LogP contribution >= 0.6 is 0 Å². The molecule has 1 rings (SSSR count). The van der Waals surface area contributed by atoms with E-state index in [2.05, 4.69) is 10.6 Å². The molecular weight excluding hydrogens is 272 g/mol. The molecule has 0 spiro atoms. The van der Waals surface area contributed by atoms with Crippen LogP contribution in [0, 0.1) is 0 Å². The number of carbonyl (C=O) groups is 1. The molecule has 0 aliphatic rings. The molecule has 118 valence electrons. The Morgan fingerprint density at radius 2 is 1.95 bits per heavy atom. The number of aliphatic hydroxyl groups excluding tert-OH is 1. The molecule has 6 heteroatoms. The van der Waals surface area contributed by atoms with E-state index in [-0.39, 0.29) is 11.9 Å². The molecule has 1 aromatic rings. The van der Waals surface area contributed by atoms with Crippen molar-refractivity contribution >= 4 is 5.91 Å². The standard InChI is InChI=1S/C15H24N2O4/c1-11(15(19)16-8-9-20-2)17-10-14(18)12-4-6-13(21-3)7-5-12/h4-7,11,14,17-18H,8-10H2,1-3H3,(H,16,19). The first-order chi connectivity index (χ1) is 10.1. The third-order valence-corrected chi connectivity index (χ3v) is 3.12. The lowest BCUT2D eigenvalue weighted by atomic mass is 10.1. The number of carbonyl (C=O) groups excluding carboxylic acids is 1. The summed E-state index contributed by atoms with van der Waals surface area (Å²) in [6.45, 7) is 3.00. The fourth-order valence-electron chi connectivity index (χ4n) is 1.75. The SMILES string of the molecule is COCCNC(=O)C(C)NCC(O)c1ccc(OC)cc1. The van der Waals surface area contributed by atoms with Crippen LogP contribution in [0.25, 0.3) is 0 Å². The van der Waals surface area contributed by atoms with E-state index in [1.807, 2.05) is 0 Å². The molecule has 0 heterocycles. The molecule has 0 aliphatic carbocycles. The lowest BCUT2D eigenvalue weighted by Gasteiger charge is -2.17. The van der Waals surface area contributed by atoms with Crippen molar-refractivity contribution in [3.8, 4) is 5.75 Å². The smallest absolute Gasteiger partial charge is 0.236 e. The van der Waals surface area contributed by atoms with E-state index in [4.69, 9.17) is 9.47 Å². The molecule has 1 aromatic carbocycles. The first-order valence-corrected chi connectivity index (χ1v) is 6.90. The van der Waals surface area contributed by atoms with Crippen LogP contribution < -0.4 is 15.4 Å². The van der Waals surface area contributed by atoms with Gasteiger partial charge in [0.1, 0.15) is 5.75 Å². The molecule has 0 fully saturated rings. The maximum absolute atomic E-state index is 11.7. The van der Waals surface area contributed by atoms with E-state index < -0.39 is 6.10 Å². The number of nitrogens with one attached hydrogen (secondary N) is 2. The number of aliphatic hydroxyl groups is 1. The summed E-state index contributed by atoms with van der Waals surface area (Å²) in [6.07, 6.45) is -0.676. The predicted octanol–water partition coefficient (Wildman–Crippen LogP) is 0.469. The van der Waals surface area contributed by atoms with Gasteiger partial charge in [-0.2, -0.15) is 0 Å². The topological polar surface area (TPSA) is 79.8 Å². The second-order valence-electron chi connectivity index (χ2n) is 4.70. The van der Waals surface area contributed by atoms with Gasteiger partial charge in [-0.3, -0.25) is 4.79 Å². The van der Waals surface area contributed by atoms with Crippen molar-refractivity contribution in [2.45, 2.75) is 19.1 Å². The normalized spacial score (nSPS) is 13.5. The average Bonchev–Trinajstić information content (AvgIpc) is 2.52. The molecule has 0 saturated heterocycles. The van der Waals surface area contributed by atoms with E-state index in [9.17, 15) is 9.90 Å². The number of hydrogen-bond donors (Lipinski definition) is 3. The Kier molecular flexibility index (Phi) is 7.74. The minimum atomic E-state index is -0.676. The number of methoxy groups -OCH3 is 2. The van der Waals surface area contributed by atoms with Crippen LogP contribution in [0.3, 0.4) is 0 Å². The minimum Gasteiger partial charge on any atom is -0.497 e. The van der Waals surface area contributed by atoms with Crippen LogP contribution in [0.1, 0.15) is 18.6 Å². The number of amides is 1. The Morgan fingerprint density at radius 3 is 2.52 bits per heavy atom. The van der Waals surface area contributed by atoms with Crippen LogP contribution in [-0.2, 0) is 9.53 Å². The van der Waals surface area contributed by atoms with Gasteiger partial charge in [-0.1, -0.05) is 12.1 Å². The quantitative estimate of drug-likeness (QED) is 0.577. The van der Waals surface area contributed by atoms with Crippen molar-refractivity contribution in [2.24, 2.45) is 0 Å². The van der Waals surface area contributed by atoms with E-state index in [1.54, 1.807) is 45.4 Å². The Hall–Kier alpha value is -1.63. The second-order valence-corrected chi connectivity index (χ2v) is 4.70. The van der Waals surface area contributed by atoms with Crippen molar-refractivity contribution in [1.29, 1.82) is 0 Å². The Bertz CT molecular complexity index is 422. The molecule has 21 heavy (non-hydrogen) atoms. The van der Waals surface area contributed by atoms with Gasteiger partial charge in [0, 0.05) is 20.2 Å². The van der Waals surface area contributed by atoms with Crippen LogP contribution in [-0.4, -0.2) is 51.0 Å². The summed E-state index contributed by atoms with van der Waals surface area (Å²) in [4.78, 5) is 11.7. The fraction of sp³-hybridized carbons (Fsp3) is 0.533. The maximum Gasteiger partial charge on any atom is 0.236 e. The van der Waals surface area contributed by atoms with Gasteiger partial charge in [0.15, 0.2) is 0 Å². The Balaban J connectivity index is 2.37. The summed E-state index contributed by atoms with van der Waals surface area (Å²) in [7, 11) is 3.18. The van der Waals surface area contributed by atoms with E-state index >= 15 is 0 Å². The molecule has 0 aromatic heterocycles. The zero-order valence-electron chi connectivity index (χ0n) is 12.8. The molecule has 1 amide bonds. The first kappa shape index (κ1) is 17.4. The van der Waals surface area contributed by atoms with Gasteiger partial charge in [-0.05, 0) is 24.6 Å². The van der Waals surface area contributed by atoms with Crippen molar-refractivity contribution in [2.75, 3.05) is 33.9 Å². The number of rotatable bonds is 9. The van der Waals surface area contributed by atoms with Gasteiger partial charge in [0.2, 0.25) is 5.91 Å². The molecule has 0 aliphatic heterocycles. The summed E-state index contributed by atoms with van der Waals surface area (Å²) in [5.41, 5.74) is 0.773. The third kappa shape index (κ3) is 6.12. The highest BCUT2D eigenvalue weighted by Gasteiger charge is 2.14. The second kappa shape index (κ2) is 9.33. The minimum absolute atomic E-state index is 0.117. The monoisotopic (exact) mass is 296 g/mol. The maximum atomic E-state index is 11.7. The highest BCUT2D eigenvalue weighted by atomic mass is 16.5. The van der Waals surface area contributed by atoms with Crippen molar-refractivity contribution in [3.05, 3.63) is 29.8 Å². The molecule has 2 atom stereocenters. The van der Waals surface area contributed by atoms with Crippen LogP contribution in [0.4, 0.5) is 0 Å². The molecule has 2 unspecified atom stereocenters. The molecular formula is C15H24N2O4. The van der Waals surface area contributed by atoms with E-state index in [1.165, 1.54) is 0 Å². The van der Waals surface area contributed by atoms with Crippen molar-refractivity contribution < 1.29 is 19.4 Å². The Morgan fingerprint density at radius 1 is 1.29 bits per heavy atom. The van der Waals surface area contributed by atoms with Crippen molar-refractivity contribution in [1.82, 2.24) is 10.6 Å². The van der Waals surface area contributed by atoms with Gasteiger partial charge in [0.25, 0.3) is 0 Å². The zero-order valence-corrected chi connectivity index (χ0v) is 12.8. The average molecular weight is 296 g/mol. The van der Waals surface area contributed by atoms with Crippen LogP contribution in [0.2, 0.25) is 0 Å². The largest absolute Gasteiger partial charge is 0.497 e. The highest BCUT2D eigenvalue weighted by Crippen LogP contribution is 2.16. The molecule has 0 radical (unpaired) electrons. The first-order valence-electron chi connectivity index (χ1n) is 6.90. The van der Waals surface area contributed by atoms with Gasteiger partial charge < -0.3 is 25.2 Å². The number of benzene rings is 1. The highest BCUT2D eigenvalue weighted by molar-refractivity contribution is 5.81. The molecule has 0 bridgehead atoms. The van der Waals surface area contributed by atoms with Gasteiger partial charge in [0.05, 0.1) is 25.9 Å². The molecule has 6 nitrogen and oxygen atoms in total. The lowest BCUT2D eigenvalue weighted by molar-refractivity contribution is -0.123. The van der Waals surface area contributed by atoms with Gasteiger partial charge in [-0.15, -0.1) is 0 Å². The molecule has 0 saturated carbocycles. The fourth-order valence-corrected chi connectivity index (χ4v) is 1.75. The number of ether oxygens (including phenoxy) is 2. The summed E-state index contributed by atoms with van der Waals surface area (Å²) < 4.78 is 9.93. The Labute approximate surface area is 125 Å². The predicted molar refractivity (Wildman–Crippen MR) is 80.3 cm³/mol. The van der Waals surface area contributed by atoms with E-state index in [0.29, 0.717) is 19.7 Å². The lowest BCUT2D eigenvalue weighted by Crippen LogP contribution is -2.44. The van der Waals surface area contributed by atoms with Crippen LogP contribution in [0.15, 0.2) is 24.3 Å². The van der Waals surface area contributed by atoms with Gasteiger partial charge >= 0.3 is 0 Å². The van der Waals surface area contributed by atoms with Gasteiger partial charge in [-0.25, -0.2) is 0 Å². The summed E-state index contributed by atoms with van der Waals surface area (Å²) in [6, 6.07) is 6.80. The van der Waals surface area contributed by atoms with Crippen LogP contribution in [0.5, 0.6) is 5.75 Å². The van der Waals surface area contributed by atoms with Crippen molar-refractivity contribution in [3.63, 3.8) is 0 Å². The molecule has 3 N–H and O–H groups in total. The summed E-state index contributed by atoms with van der Waals surface area (Å²) >= 11 is 0.